The first-order valence-corrected chi connectivity index (χ1v) is 6.82. The molecule has 2 rings (SSSR count). The van der Waals surface area contributed by atoms with E-state index in [0.29, 0.717) is 0 Å². The average Bonchev–Trinajstić information content (AvgIpc) is 2.40. The molecule has 1 unspecified atom stereocenters. The van der Waals surface area contributed by atoms with Gasteiger partial charge in [-0.1, -0.05) is 18.2 Å². The number of nitrogens with zero attached hydrogens (tertiary/aromatic N) is 3. The van der Waals surface area contributed by atoms with E-state index < -0.39 is 0 Å². The van der Waals surface area contributed by atoms with Crippen LogP contribution in [0.1, 0.15) is 5.56 Å². The minimum atomic E-state index is -0.140. The molecule has 0 spiro atoms. The Morgan fingerprint density at radius 3 is 2.80 bits per heavy atom. The van der Waals surface area contributed by atoms with Gasteiger partial charge in [0.25, 0.3) is 0 Å². The number of aryl methyl sites for hydroxylation is 1. The molecular weight excluding hydrogens is 250 g/mol. The number of hydrogen-bond donors (Lipinski definition) is 2. The van der Waals surface area contributed by atoms with Crippen LogP contribution in [0.15, 0.2) is 41.5 Å². The number of hydrogen-bond acceptors (Lipinski definition) is 5. The fourth-order valence-electron chi connectivity index (χ4n) is 2.02. The number of aliphatic imine (C=N–C) groups is 1. The highest BCUT2D eigenvalue weighted by molar-refractivity contribution is 5.95. The third-order valence-electron chi connectivity index (χ3n) is 3.29. The number of benzene rings is 1. The van der Waals surface area contributed by atoms with Crippen LogP contribution < -0.4 is 11.1 Å². The molecule has 0 aliphatic carbocycles. The monoisotopic (exact) mass is 273 g/mol. The number of rotatable bonds is 4. The molecule has 1 aliphatic rings. The predicted octanol–water partition coefficient (Wildman–Crippen LogP) is 1.44. The van der Waals surface area contributed by atoms with Crippen molar-refractivity contribution in [2.45, 2.75) is 13.1 Å². The number of nitrogens with two attached hydrogens (primary N) is 1. The lowest BCUT2D eigenvalue weighted by atomic mass is 10.2. The van der Waals surface area contributed by atoms with Gasteiger partial charge >= 0.3 is 0 Å². The molecule has 1 aromatic carbocycles. The first-order valence-electron chi connectivity index (χ1n) is 6.82. The Labute approximate surface area is 120 Å². The van der Waals surface area contributed by atoms with Crippen molar-refractivity contribution in [3.8, 4) is 0 Å². The van der Waals surface area contributed by atoms with Crippen LogP contribution in [0.3, 0.4) is 0 Å². The summed E-state index contributed by atoms with van der Waals surface area (Å²) in [6, 6.07) is 8.16. The maximum atomic E-state index is 6.15. The molecule has 1 heterocycles. The minimum Gasteiger partial charge on any atom is -0.326 e. The Hall–Kier alpha value is -1.85. The maximum absolute atomic E-state index is 6.15. The maximum Gasteiger partial charge on any atom is 0.204 e. The largest absolute Gasteiger partial charge is 0.326 e. The van der Waals surface area contributed by atoms with Crippen molar-refractivity contribution in [2.75, 3.05) is 32.5 Å². The van der Waals surface area contributed by atoms with Crippen molar-refractivity contribution in [1.29, 1.82) is 0 Å². The molecule has 0 bridgehead atoms. The first-order chi connectivity index (χ1) is 9.58. The molecule has 3 N–H and O–H groups in total. The molecule has 0 fully saturated rings. The van der Waals surface area contributed by atoms with Crippen LogP contribution in [0, 0.1) is 6.92 Å². The number of guanidine groups is 1. The van der Waals surface area contributed by atoms with Gasteiger partial charge in [0.2, 0.25) is 5.96 Å². The minimum absolute atomic E-state index is 0.140. The topological polar surface area (TPSA) is 56.9 Å². The zero-order valence-electron chi connectivity index (χ0n) is 12.4. The van der Waals surface area contributed by atoms with Crippen LogP contribution in [0.25, 0.3) is 0 Å². The van der Waals surface area contributed by atoms with Crippen LogP contribution in [0.4, 0.5) is 5.69 Å². The Kier molecular flexibility index (Phi) is 4.76. The molecule has 0 saturated heterocycles. The summed E-state index contributed by atoms with van der Waals surface area (Å²) in [4.78, 5) is 8.64. The van der Waals surface area contributed by atoms with Gasteiger partial charge in [0.1, 0.15) is 6.17 Å². The van der Waals surface area contributed by atoms with E-state index in [4.69, 9.17) is 5.73 Å². The van der Waals surface area contributed by atoms with E-state index in [2.05, 4.69) is 47.2 Å². The van der Waals surface area contributed by atoms with Crippen molar-refractivity contribution in [3.63, 3.8) is 0 Å². The summed E-state index contributed by atoms with van der Waals surface area (Å²) in [6.45, 7) is 3.83. The fraction of sp³-hybridized carbons (Fsp3) is 0.400. The van der Waals surface area contributed by atoms with E-state index in [1.54, 1.807) is 6.20 Å². The summed E-state index contributed by atoms with van der Waals surface area (Å²) in [7, 11) is 4.10. The second-order valence-corrected chi connectivity index (χ2v) is 5.22. The van der Waals surface area contributed by atoms with Gasteiger partial charge in [-0.25, -0.2) is 4.99 Å². The van der Waals surface area contributed by atoms with E-state index in [9.17, 15) is 0 Å². The van der Waals surface area contributed by atoms with Crippen molar-refractivity contribution in [3.05, 3.63) is 42.1 Å². The van der Waals surface area contributed by atoms with Crippen molar-refractivity contribution >= 4 is 11.6 Å². The Morgan fingerprint density at radius 1 is 1.35 bits per heavy atom. The van der Waals surface area contributed by atoms with E-state index in [0.717, 1.165) is 24.7 Å². The zero-order chi connectivity index (χ0) is 14.5. The van der Waals surface area contributed by atoms with Crippen LogP contribution in [-0.4, -0.2) is 49.1 Å². The fourth-order valence-corrected chi connectivity index (χ4v) is 2.02. The number of para-hydroxylation sites is 1. The van der Waals surface area contributed by atoms with Crippen LogP contribution >= 0.6 is 0 Å². The molecule has 1 aromatic rings. The molecule has 5 heteroatoms. The standard InChI is InChI=1S/C15H23N5/c1-12-6-4-5-7-13(12)18-15-17-9-8-14(16)20(15)11-10-19(2)3/h4-9,14H,10-11,16H2,1-3H3,(H,17,18). The highest BCUT2D eigenvalue weighted by atomic mass is 15.4. The lowest BCUT2D eigenvalue weighted by molar-refractivity contribution is 0.299. The quantitative estimate of drug-likeness (QED) is 0.871. The second-order valence-electron chi connectivity index (χ2n) is 5.22. The van der Waals surface area contributed by atoms with E-state index in [1.165, 1.54) is 5.56 Å². The molecule has 1 aliphatic heterocycles. The molecule has 108 valence electrons. The molecule has 20 heavy (non-hydrogen) atoms. The normalized spacial score (nSPS) is 18.4. The summed E-state index contributed by atoms with van der Waals surface area (Å²) < 4.78 is 0. The molecule has 1 atom stereocenters. The summed E-state index contributed by atoms with van der Waals surface area (Å²) in [6.07, 6.45) is 3.52. The smallest absolute Gasteiger partial charge is 0.204 e. The van der Waals surface area contributed by atoms with Gasteiger partial charge in [0, 0.05) is 25.0 Å². The zero-order valence-corrected chi connectivity index (χ0v) is 12.4. The number of nitrogens with one attached hydrogen (secondary N) is 1. The molecule has 0 radical (unpaired) electrons. The van der Waals surface area contributed by atoms with Crippen molar-refractivity contribution < 1.29 is 0 Å². The van der Waals surface area contributed by atoms with Crippen LogP contribution in [0.5, 0.6) is 0 Å². The summed E-state index contributed by atoms with van der Waals surface area (Å²) in [5.41, 5.74) is 8.39. The molecule has 0 saturated carbocycles. The van der Waals surface area contributed by atoms with Gasteiger partial charge in [0.15, 0.2) is 0 Å². The highest BCUT2D eigenvalue weighted by Crippen LogP contribution is 2.15. The predicted molar refractivity (Wildman–Crippen MR) is 84.6 cm³/mol. The summed E-state index contributed by atoms with van der Waals surface area (Å²) in [5, 5.41) is 3.38. The second kappa shape index (κ2) is 6.54. The van der Waals surface area contributed by atoms with Crippen molar-refractivity contribution in [2.24, 2.45) is 10.7 Å². The third-order valence-corrected chi connectivity index (χ3v) is 3.29. The van der Waals surface area contributed by atoms with Gasteiger partial charge in [-0.15, -0.1) is 0 Å². The average molecular weight is 273 g/mol. The van der Waals surface area contributed by atoms with E-state index in [1.807, 2.05) is 24.3 Å². The van der Waals surface area contributed by atoms with Crippen molar-refractivity contribution in [1.82, 2.24) is 9.80 Å². The van der Waals surface area contributed by atoms with Crippen LogP contribution in [0.2, 0.25) is 0 Å². The Morgan fingerprint density at radius 2 is 2.10 bits per heavy atom. The lowest BCUT2D eigenvalue weighted by Crippen LogP contribution is -2.51. The molecule has 0 aromatic heterocycles. The van der Waals surface area contributed by atoms with Gasteiger partial charge in [-0.3, -0.25) is 0 Å². The van der Waals surface area contributed by atoms with Gasteiger partial charge in [-0.2, -0.15) is 0 Å². The van der Waals surface area contributed by atoms with Gasteiger partial charge in [-0.05, 0) is 38.7 Å². The molecular formula is C15H23N5. The summed E-state index contributed by atoms with van der Waals surface area (Å²) in [5.74, 6) is 0.802. The third kappa shape index (κ3) is 3.59. The Bertz CT molecular complexity index is 507. The summed E-state index contributed by atoms with van der Waals surface area (Å²) >= 11 is 0. The van der Waals surface area contributed by atoms with Crippen LogP contribution in [-0.2, 0) is 0 Å². The van der Waals surface area contributed by atoms with E-state index >= 15 is 0 Å². The van der Waals surface area contributed by atoms with Gasteiger partial charge < -0.3 is 20.9 Å². The molecule has 5 nitrogen and oxygen atoms in total. The highest BCUT2D eigenvalue weighted by Gasteiger charge is 2.19. The number of likely N-dealkylation sites (N-methyl/N-ethyl adjacent to an activating group) is 1. The first kappa shape index (κ1) is 14.6. The Balaban J connectivity index is 2.12. The van der Waals surface area contributed by atoms with Gasteiger partial charge in [0.05, 0.1) is 0 Å². The van der Waals surface area contributed by atoms with E-state index in [-0.39, 0.29) is 6.17 Å². The number of anilines is 1. The SMILES string of the molecule is Cc1ccccc1NC1=NC=CC(N)N1CCN(C)C. The lowest BCUT2D eigenvalue weighted by Gasteiger charge is -2.33. The molecule has 0 amide bonds.